The highest BCUT2D eigenvalue weighted by molar-refractivity contribution is 6.31. The van der Waals surface area contributed by atoms with Crippen molar-refractivity contribution in [3.63, 3.8) is 0 Å². The molecule has 0 spiro atoms. The Hall–Kier alpha value is -0.570. The average Bonchev–Trinajstić information content (AvgIpc) is 2.29. The number of halogens is 2. The van der Waals surface area contributed by atoms with E-state index < -0.39 is 6.80 Å². The number of rotatable bonds is 1. The summed E-state index contributed by atoms with van der Waals surface area (Å²) in [5.41, 5.74) is 0.575. The number of alkyl halides is 1. The quantitative estimate of drug-likeness (QED) is 0.666. The lowest BCUT2D eigenvalue weighted by molar-refractivity contribution is 0.326. The molecule has 0 unspecified atom stereocenters. The van der Waals surface area contributed by atoms with Gasteiger partial charge in [-0.3, -0.25) is 0 Å². The monoisotopic (exact) mass is 190 g/mol. The second-order valence-electron chi connectivity index (χ2n) is 3.71. The van der Waals surface area contributed by atoms with Crippen LogP contribution in [-0.2, 0) is 12.2 Å². The maximum Gasteiger partial charge on any atom is 0.181 e. The van der Waals surface area contributed by atoms with Crippen molar-refractivity contribution in [3.05, 3.63) is 16.9 Å². The maximum atomic E-state index is 12.4. The minimum absolute atomic E-state index is 0.167. The van der Waals surface area contributed by atoms with Gasteiger partial charge >= 0.3 is 0 Å². The molecule has 4 heteroatoms. The largest absolute Gasteiger partial charge is 0.237 e. The van der Waals surface area contributed by atoms with E-state index in [1.54, 1.807) is 0 Å². The van der Waals surface area contributed by atoms with Crippen LogP contribution in [0, 0.1) is 0 Å². The van der Waals surface area contributed by atoms with E-state index in [1.165, 1.54) is 10.9 Å². The second kappa shape index (κ2) is 3.05. The van der Waals surface area contributed by atoms with Gasteiger partial charge in [-0.1, -0.05) is 32.4 Å². The van der Waals surface area contributed by atoms with Crippen molar-refractivity contribution in [2.45, 2.75) is 33.0 Å². The van der Waals surface area contributed by atoms with Crippen LogP contribution in [0.3, 0.4) is 0 Å². The Kier molecular flexibility index (Phi) is 2.42. The van der Waals surface area contributed by atoms with Gasteiger partial charge in [0.1, 0.15) is 0 Å². The normalized spacial score (nSPS) is 12.1. The summed E-state index contributed by atoms with van der Waals surface area (Å²) < 4.78 is 13.7. The highest BCUT2D eigenvalue weighted by atomic mass is 35.5. The van der Waals surface area contributed by atoms with Gasteiger partial charge in [0.2, 0.25) is 0 Å². The third kappa shape index (κ3) is 1.61. The predicted octanol–water partition coefficient (Wildman–Crippen LogP) is 2.76. The Morgan fingerprint density at radius 1 is 1.58 bits per heavy atom. The smallest absolute Gasteiger partial charge is 0.181 e. The third-order valence-electron chi connectivity index (χ3n) is 1.62. The molecule has 1 heterocycles. The van der Waals surface area contributed by atoms with E-state index in [2.05, 4.69) is 5.10 Å². The standard InChI is InChI=1S/C8H12ClFN2/c1-8(2,3)7-6(9)4-11-12(7)5-10/h4H,5H2,1-3H3. The van der Waals surface area contributed by atoms with Gasteiger partial charge in [-0.2, -0.15) is 5.10 Å². The first-order valence-corrected chi connectivity index (χ1v) is 4.12. The van der Waals surface area contributed by atoms with E-state index in [0.29, 0.717) is 5.02 Å². The highest BCUT2D eigenvalue weighted by Gasteiger charge is 2.22. The molecule has 0 fully saturated rings. The van der Waals surface area contributed by atoms with Gasteiger partial charge in [-0.25, -0.2) is 9.07 Å². The van der Waals surface area contributed by atoms with E-state index in [-0.39, 0.29) is 5.41 Å². The fourth-order valence-corrected chi connectivity index (χ4v) is 1.62. The number of aromatic nitrogens is 2. The van der Waals surface area contributed by atoms with Crippen molar-refractivity contribution in [2.24, 2.45) is 0 Å². The van der Waals surface area contributed by atoms with Gasteiger partial charge < -0.3 is 0 Å². The average molecular weight is 191 g/mol. The van der Waals surface area contributed by atoms with E-state index >= 15 is 0 Å². The molecular weight excluding hydrogens is 179 g/mol. The van der Waals surface area contributed by atoms with Crippen LogP contribution in [0.1, 0.15) is 26.5 Å². The van der Waals surface area contributed by atoms with Crippen LogP contribution in [0.15, 0.2) is 6.20 Å². The third-order valence-corrected chi connectivity index (χ3v) is 1.90. The van der Waals surface area contributed by atoms with Crippen molar-refractivity contribution in [1.29, 1.82) is 0 Å². The minimum atomic E-state index is -0.626. The Morgan fingerprint density at radius 2 is 2.17 bits per heavy atom. The van der Waals surface area contributed by atoms with Gasteiger partial charge in [0.15, 0.2) is 6.80 Å². The Balaban J connectivity index is 3.19. The molecule has 1 aromatic heterocycles. The molecule has 0 radical (unpaired) electrons. The molecule has 0 aliphatic carbocycles. The van der Waals surface area contributed by atoms with E-state index in [4.69, 9.17) is 11.6 Å². The lowest BCUT2D eigenvalue weighted by Crippen LogP contribution is -2.18. The van der Waals surface area contributed by atoms with E-state index in [9.17, 15) is 4.39 Å². The molecule has 68 valence electrons. The molecule has 1 aromatic rings. The van der Waals surface area contributed by atoms with Crippen molar-refractivity contribution < 1.29 is 4.39 Å². The van der Waals surface area contributed by atoms with Gasteiger partial charge in [-0.15, -0.1) is 0 Å². The van der Waals surface area contributed by atoms with Crippen LogP contribution in [0.25, 0.3) is 0 Å². The van der Waals surface area contributed by atoms with Gasteiger partial charge in [0.25, 0.3) is 0 Å². The summed E-state index contributed by atoms with van der Waals surface area (Å²) in [5, 5.41) is 4.34. The Labute approximate surface area is 76.3 Å². The molecule has 0 bridgehead atoms. The molecular formula is C8H12ClFN2. The molecule has 1 rings (SSSR count). The Bertz CT molecular complexity index is 275. The van der Waals surface area contributed by atoms with Crippen LogP contribution >= 0.6 is 11.6 Å². The first kappa shape index (κ1) is 9.52. The van der Waals surface area contributed by atoms with Crippen LogP contribution in [-0.4, -0.2) is 9.78 Å². The molecule has 0 atom stereocenters. The summed E-state index contributed by atoms with van der Waals surface area (Å²) in [6, 6.07) is 0. The summed E-state index contributed by atoms with van der Waals surface area (Å²) in [6.07, 6.45) is 1.47. The predicted molar refractivity (Wildman–Crippen MR) is 47.0 cm³/mol. The maximum absolute atomic E-state index is 12.4. The number of nitrogens with zero attached hydrogens (tertiary/aromatic N) is 2. The van der Waals surface area contributed by atoms with Crippen LogP contribution < -0.4 is 0 Å². The molecule has 12 heavy (non-hydrogen) atoms. The van der Waals surface area contributed by atoms with Crippen molar-refractivity contribution in [2.75, 3.05) is 0 Å². The van der Waals surface area contributed by atoms with Gasteiger partial charge in [-0.05, 0) is 0 Å². The lowest BCUT2D eigenvalue weighted by Gasteiger charge is -2.19. The van der Waals surface area contributed by atoms with E-state index in [1.807, 2.05) is 20.8 Å². The van der Waals surface area contributed by atoms with Crippen molar-refractivity contribution in [1.82, 2.24) is 9.78 Å². The van der Waals surface area contributed by atoms with Crippen molar-refractivity contribution in [3.8, 4) is 0 Å². The second-order valence-corrected chi connectivity index (χ2v) is 4.12. The van der Waals surface area contributed by atoms with Gasteiger partial charge in [0, 0.05) is 5.41 Å². The summed E-state index contributed by atoms with van der Waals surface area (Å²) in [6.45, 7) is 5.30. The zero-order chi connectivity index (χ0) is 9.35. The molecule has 0 amide bonds. The molecule has 0 saturated carbocycles. The first-order chi connectivity index (χ1) is 5.46. The topological polar surface area (TPSA) is 17.8 Å². The first-order valence-electron chi connectivity index (χ1n) is 3.74. The molecule has 0 aromatic carbocycles. The highest BCUT2D eigenvalue weighted by Crippen LogP contribution is 2.28. The molecule has 0 N–H and O–H groups in total. The van der Waals surface area contributed by atoms with Crippen LogP contribution in [0.2, 0.25) is 5.02 Å². The zero-order valence-corrected chi connectivity index (χ0v) is 8.19. The fraction of sp³-hybridized carbons (Fsp3) is 0.625. The fourth-order valence-electron chi connectivity index (χ4n) is 1.20. The molecule has 0 saturated heterocycles. The number of hydrogen-bond acceptors (Lipinski definition) is 1. The summed E-state index contributed by atoms with van der Waals surface area (Å²) in [5.74, 6) is 0. The van der Waals surface area contributed by atoms with Gasteiger partial charge in [0.05, 0.1) is 16.9 Å². The van der Waals surface area contributed by atoms with Crippen LogP contribution in [0.4, 0.5) is 4.39 Å². The molecule has 0 aliphatic rings. The molecule has 0 aliphatic heterocycles. The van der Waals surface area contributed by atoms with Crippen LogP contribution in [0.5, 0.6) is 0 Å². The Morgan fingerprint density at radius 3 is 2.50 bits per heavy atom. The zero-order valence-electron chi connectivity index (χ0n) is 7.43. The summed E-state index contributed by atoms with van der Waals surface area (Å²) >= 11 is 5.86. The molecule has 2 nitrogen and oxygen atoms in total. The SMILES string of the molecule is CC(C)(C)c1c(Cl)cnn1CF. The minimum Gasteiger partial charge on any atom is -0.237 e. The van der Waals surface area contributed by atoms with E-state index in [0.717, 1.165) is 5.69 Å². The number of hydrogen-bond donors (Lipinski definition) is 0. The summed E-state index contributed by atoms with van der Waals surface area (Å²) in [7, 11) is 0. The van der Waals surface area contributed by atoms with Crippen molar-refractivity contribution >= 4 is 11.6 Å². The lowest BCUT2D eigenvalue weighted by atomic mass is 9.92. The summed E-state index contributed by atoms with van der Waals surface area (Å²) in [4.78, 5) is 0.